The number of H-pyrrole nitrogens is 1. The maximum atomic E-state index is 5.81. The summed E-state index contributed by atoms with van der Waals surface area (Å²) in [7, 11) is 0. The zero-order valence-electron chi connectivity index (χ0n) is 14.1. The van der Waals surface area contributed by atoms with Crippen LogP contribution >= 0.6 is 0 Å². The SMILES string of the molecule is Cc1nc(Cc2nc([C@@H](C)N)n[nH]2)n(-c2ccc3c(c2)OCCO3)n1. The van der Waals surface area contributed by atoms with Crippen LogP contribution in [0.25, 0.3) is 5.69 Å². The maximum Gasteiger partial charge on any atom is 0.167 e. The van der Waals surface area contributed by atoms with E-state index in [-0.39, 0.29) is 6.04 Å². The van der Waals surface area contributed by atoms with Gasteiger partial charge in [0, 0.05) is 6.07 Å². The zero-order valence-corrected chi connectivity index (χ0v) is 14.1. The van der Waals surface area contributed by atoms with E-state index in [1.54, 1.807) is 4.68 Å². The van der Waals surface area contributed by atoms with Crippen molar-refractivity contribution in [2.45, 2.75) is 26.3 Å². The number of fused-ring (bicyclic) bond motifs is 1. The van der Waals surface area contributed by atoms with E-state index in [4.69, 9.17) is 15.2 Å². The summed E-state index contributed by atoms with van der Waals surface area (Å²) in [5.41, 5.74) is 6.66. The molecule has 0 spiro atoms. The van der Waals surface area contributed by atoms with Gasteiger partial charge >= 0.3 is 0 Å². The van der Waals surface area contributed by atoms with Gasteiger partial charge in [-0.3, -0.25) is 5.10 Å². The molecule has 0 aliphatic carbocycles. The van der Waals surface area contributed by atoms with Crippen LogP contribution < -0.4 is 15.2 Å². The number of rotatable bonds is 4. The first-order chi connectivity index (χ1) is 12.1. The summed E-state index contributed by atoms with van der Waals surface area (Å²) in [6.07, 6.45) is 0.467. The van der Waals surface area contributed by atoms with Crippen molar-refractivity contribution in [2.24, 2.45) is 5.73 Å². The molecule has 25 heavy (non-hydrogen) atoms. The number of ether oxygens (including phenoxy) is 2. The molecule has 0 saturated heterocycles. The van der Waals surface area contributed by atoms with Crippen LogP contribution in [0.4, 0.5) is 0 Å². The lowest BCUT2D eigenvalue weighted by Crippen LogP contribution is -2.15. The van der Waals surface area contributed by atoms with E-state index < -0.39 is 0 Å². The summed E-state index contributed by atoms with van der Waals surface area (Å²) >= 11 is 0. The van der Waals surface area contributed by atoms with Crippen molar-refractivity contribution in [2.75, 3.05) is 13.2 Å². The molecule has 130 valence electrons. The Morgan fingerprint density at radius 3 is 2.80 bits per heavy atom. The Labute approximate surface area is 144 Å². The predicted molar refractivity (Wildman–Crippen MR) is 88.9 cm³/mol. The molecule has 1 aliphatic rings. The Balaban J connectivity index is 1.66. The van der Waals surface area contributed by atoms with Gasteiger partial charge in [0.05, 0.1) is 18.2 Å². The number of hydrogen-bond donors (Lipinski definition) is 2. The monoisotopic (exact) mass is 341 g/mol. The fourth-order valence-corrected chi connectivity index (χ4v) is 2.69. The highest BCUT2D eigenvalue weighted by Gasteiger charge is 2.17. The highest BCUT2D eigenvalue weighted by molar-refractivity contribution is 5.49. The Morgan fingerprint density at radius 2 is 2.04 bits per heavy atom. The molecule has 3 heterocycles. The van der Waals surface area contributed by atoms with Crippen LogP contribution in [-0.2, 0) is 6.42 Å². The number of nitrogens with zero attached hydrogens (tertiary/aromatic N) is 5. The molecule has 1 aliphatic heterocycles. The maximum absolute atomic E-state index is 5.81. The number of benzene rings is 1. The topological polar surface area (TPSA) is 117 Å². The molecule has 2 aromatic heterocycles. The van der Waals surface area contributed by atoms with Crippen molar-refractivity contribution < 1.29 is 9.47 Å². The zero-order chi connectivity index (χ0) is 17.4. The Morgan fingerprint density at radius 1 is 1.24 bits per heavy atom. The van der Waals surface area contributed by atoms with Gasteiger partial charge in [0.2, 0.25) is 0 Å². The summed E-state index contributed by atoms with van der Waals surface area (Å²) in [5, 5.41) is 11.5. The van der Waals surface area contributed by atoms with Gasteiger partial charge in [-0.05, 0) is 26.0 Å². The van der Waals surface area contributed by atoms with Gasteiger partial charge < -0.3 is 15.2 Å². The third-order valence-corrected chi connectivity index (χ3v) is 3.83. The molecule has 3 N–H and O–H groups in total. The molecule has 0 unspecified atom stereocenters. The Kier molecular flexibility index (Phi) is 3.85. The average molecular weight is 341 g/mol. The number of aromatic amines is 1. The minimum absolute atomic E-state index is 0.220. The molecular formula is C16H19N7O2. The Hall–Kier alpha value is -2.94. The number of aromatic nitrogens is 6. The van der Waals surface area contributed by atoms with Gasteiger partial charge in [-0.2, -0.15) is 10.2 Å². The predicted octanol–water partition coefficient (Wildman–Crippen LogP) is 1.08. The van der Waals surface area contributed by atoms with Crippen LogP contribution in [-0.4, -0.2) is 43.2 Å². The first-order valence-electron chi connectivity index (χ1n) is 8.09. The third kappa shape index (κ3) is 3.05. The van der Waals surface area contributed by atoms with Gasteiger partial charge in [0.15, 0.2) is 17.3 Å². The van der Waals surface area contributed by atoms with Crippen molar-refractivity contribution in [3.8, 4) is 17.2 Å². The minimum Gasteiger partial charge on any atom is -0.486 e. The van der Waals surface area contributed by atoms with Gasteiger partial charge in [-0.25, -0.2) is 14.6 Å². The Bertz CT molecular complexity index is 900. The van der Waals surface area contributed by atoms with Crippen molar-refractivity contribution in [1.82, 2.24) is 29.9 Å². The average Bonchev–Trinajstić information content (AvgIpc) is 3.21. The first kappa shape index (κ1) is 15.6. The van der Waals surface area contributed by atoms with E-state index in [1.165, 1.54) is 0 Å². The smallest absolute Gasteiger partial charge is 0.167 e. The molecule has 1 atom stereocenters. The van der Waals surface area contributed by atoms with Gasteiger partial charge in [0.1, 0.15) is 30.7 Å². The largest absolute Gasteiger partial charge is 0.486 e. The summed E-state index contributed by atoms with van der Waals surface area (Å²) < 4.78 is 13.0. The molecule has 0 bridgehead atoms. The lowest BCUT2D eigenvalue weighted by atomic mass is 10.2. The van der Waals surface area contributed by atoms with Crippen molar-refractivity contribution in [1.29, 1.82) is 0 Å². The lowest BCUT2D eigenvalue weighted by Gasteiger charge is -2.19. The number of aryl methyl sites for hydroxylation is 1. The highest BCUT2D eigenvalue weighted by atomic mass is 16.6. The molecule has 0 saturated carbocycles. The number of hydrogen-bond acceptors (Lipinski definition) is 7. The van der Waals surface area contributed by atoms with E-state index in [2.05, 4.69) is 25.3 Å². The number of nitrogens with two attached hydrogens (primary N) is 1. The first-order valence-corrected chi connectivity index (χ1v) is 8.09. The van der Waals surface area contributed by atoms with Gasteiger partial charge in [-0.1, -0.05) is 0 Å². The molecule has 1 aromatic carbocycles. The fourth-order valence-electron chi connectivity index (χ4n) is 2.69. The molecule has 9 nitrogen and oxygen atoms in total. The second kappa shape index (κ2) is 6.17. The molecule has 3 aromatic rings. The van der Waals surface area contributed by atoms with Crippen LogP contribution in [0.3, 0.4) is 0 Å². The standard InChI is InChI=1S/C16H19N7O2/c1-9(17)16-19-14(20-21-16)8-15-18-10(2)22-23(15)11-3-4-12-13(7-11)25-6-5-24-12/h3-4,7,9H,5-6,8,17H2,1-2H3,(H,19,20,21)/t9-/m1/s1. The van der Waals surface area contributed by atoms with Crippen LogP contribution in [0.15, 0.2) is 18.2 Å². The van der Waals surface area contributed by atoms with Gasteiger partial charge in [0.25, 0.3) is 0 Å². The summed E-state index contributed by atoms with van der Waals surface area (Å²) in [6.45, 7) is 4.80. The minimum atomic E-state index is -0.220. The summed E-state index contributed by atoms with van der Waals surface area (Å²) in [5.74, 6) is 4.15. The second-order valence-corrected chi connectivity index (χ2v) is 5.92. The molecule has 0 radical (unpaired) electrons. The van der Waals surface area contributed by atoms with Crippen LogP contribution in [0, 0.1) is 6.92 Å². The number of nitrogens with one attached hydrogen (secondary N) is 1. The summed E-state index contributed by atoms with van der Waals surface area (Å²) in [4.78, 5) is 8.91. The highest BCUT2D eigenvalue weighted by Crippen LogP contribution is 2.32. The second-order valence-electron chi connectivity index (χ2n) is 5.92. The van der Waals surface area contributed by atoms with E-state index in [0.29, 0.717) is 42.9 Å². The van der Waals surface area contributed by atoms with Crippen LogP contribution in [0.5, 0.6) is 11.5 Å². The lowest BCUT2D eigenvalue weighted by molar-refractivity contribution is 0.171. The van der Waals surface area contributed by atoms with E-state index in [9.17, 15) is 0 Å². The van der Waals surface area contributed by atoms with Crippen molar-refractivity contribution >= 4 is 0 Å². The van der Waals surface area contributed by atoms with E-state index >= 15 is 0 Å². The van der Waals surface area contributed by atoms with Crippen LogP contribution in [0.2, 0.25) is 0 Å². The molecule has 0 fully saturated rings. The molecule has 0 amide bonds. The van der Waals surface area contributed by atoms with E-state index in [0.717, 1.165) is 17.3 Å². The molecule has 4 rings (SSSR count). The van der Waals surface area contributed by atoms with Crippen LogP contribution in [0.1, 0.15) is 36.3 Å². The molecular weight excluding hydrogens is 322 g/mol. The van der Waals surface area contributed by atoms with Gasteiger partial charge in [-0.15, -0.1) is 0 Å². The third-order valence-electron chi connectivity index (χ3n) is 3.83. The van der Waals surface area contributed by atoms with E-state index in [1.807, 2.05) is 32.0 Å². The molecule has 9 heteroatoms. The quantitative estimate of drug-likeness (QED) is 0.729. The normalized spacial score (nSPS) is 14.5. The fraction of sp³-hybridized carbons (Fsp3) is 0.375. The summed E-state index contributed by atoms with van der Waals surface area (Å²) in [6, 6.07) is 5.49. The van der Waals surface area contributed by atoms with Crippen molar-refractivity contribution in [3.05, 3.63) is 41.5 Å². The van der Waals surface area contributed by atoms with Crippen molar-refractivity contribution in [3.63, 3.8) is 0 Å².